The highest BCUT2D eigenvalue weighted by Crippen LogP contribution is 2.24. The minimum absolute atomic E-state index is 0.191. The maximum absolute atomic E-state index is 12.5. The highest BCUT2D eigenvalue weighted by molar-refractivity contribution is 6.30. The molecule has 0 spiro atoms. The summed E-state index contributed by atoms with van der Waals surface area (Å²) in [5.74, 6) is -1.06. The zero-order valence-electron chi connectivity index (χ0n) is 6.11. The van der Waals surface area contributed by atoms with Crippen LogP contribution in [0, 0.1) is 12.9 Å². The second-order valence-corrected chi connectivity index (χ2v) is 2.67. The van der Waals surface area contributed by atoms with Crippen molar-refractivity contribution in [3.05, 3.63) is 28.3 Å². The second-order valence-electron chi connectivity index (χ2n) is 2.26. The van der Waals surface area contributed by atoms with Gasteiger partial charge in [0.05, 0.1) is 5.02 Å². The van der Waals surface area contributed by atoms with Crippen LogP contribution in [-0.4, -0.2) is 4.98 Å². The molecule has 0 atom stereocenters. The van der Waals surface area contributed by atoms with Crippen molar-refractivity contribution in [2.24, 2.45) is 0 Å². The average molecular weight is 196 g/mol. The molecule has 5 heteroatoms. The third-order valence-corrected chi connectivity index (χ3v) is 1.63. The van der Waals surface area contributed by atoms with Crippen LogP contribution in [0.25, 0.3) is 0 Å². The molecule has 0 saturated carbocycles. The lowest BCUT2D eigenvalue weighted by atomic mass is 10.2. The van der Waals surface area contributed by atoms with Gasteiger partial charge in [0.2, 0.25) is 5.95 Å². The molecular formula is C7H5ClF3N. The van der Waals surface area contributed by atoms with Crippen molar-refractivity contribution < 1.29 is 13.2 Å². The van der Waals surface area contributed by atoms with Gasteiger partial charge in [-0.25, -0.2) is 13.8 Å². The molecule has 0 aliphatic rings. The number of hydrogen-bond acceptors (Lipinski definition) is 1. The van der Waals surface area contributed by atoms with E-state index in [-0.39, 0.29) is 10.6 Å². The van der Waals surface area contributed by atoms with E-state index in [2.05, 4.69) is 4.98 Å². The van der Waals surface area contributed by atoms with Gasteiger partial charge in [-0.1, -0.05) is 11.6 Å². The number of aromatic nitrogens is 1. The molecule has 1 heterocycles. The molecule has 0 aliphatic carbocycles. The third kappa shape index (κ3) is 1.69. The van der Waals surface area contributed by atoms with Gasteiger partial charge in [0.15, 0.2) is 0 Å². The van der Waals surface area contributed by atoms with E-state index in [1.165, 1.54) is 6.92 Å². The molecule has 66 valence electrons. The van der Waals surface area contributed by atoms with Crippen LogP contribution in [0.4, 0.5) is 13.2 Å². The molecule has 0 amide bonds. The van der Waals surface area contributed by atoms with Crippen LogP contribution in [0.15, 0.2) is 6.07 Å². The summed E-state index contributed by atoms with van der Waals surface area (Å²) in [6, 6.07) is 1.13. The first-order valence-corrected chi connectivity index (χ1v) is 3.51. The van der Waals surface area contributed by atoms with Crippen molar-refractivity contribution >= 4 is 11.6 Å². The molecule has 1 rings (SSSR count). The van der Waals surface area contributed by atoms with Crippen LogP contribution >= 0.6 is 11.6 Å². The largest absolute Gasteiger partial charge is 0.280 e. The zero-order valence-corrected chi connectivity index (χ0v) is 6.87. The summed E-state index contributed by atoms with van der Waals surface area (Å²) in [5, 5.41) is -0.239. The van der Waals surface area contributed by atoms with Gasteiger partial charge in [0.25, 0.3) is 6.43 Å². The molecule has 1 nitrogen and oxygen atoms in total. The predicted molar refractivity (Wildman–Crippen MR) is 38.9 cm³/mol. The van der Waals surface area contributed by atoms with E-state index in [4.69, 9.17) is 11.6 Å². The molecule has 0 aromatic carbocycles. The van der Waals surface area contributed by atoms with Gasteiger partial charge >= 0.3 is 0 Å². The number of nitrogens with zero attached hydrogens (tertiary/aromatic N) is 1. The van der Waals surface area contributed by atoms with Crippen molar-refractivity contribution in [3.8, 4) is 0 Å². The van der Waals surface area contributed by atoms with Gasteiger partial charge in [-0.15, -0.1) is 0 Å². The summed E-state index contributed by atoms with van der Waals surface area (Å²) >= 11 is 5.31. The standard InChI is InChI=1S/C7H5ClF3N/c1-3-2-4(8)7(11)12-5(3)6(9)10/h2,6H,1H3. The molecule has 0 radical (unpaired) electrons. The summed E-state index contributed by atoms with van der Waals surface area (Å²) in [6.45, 7) is 1.40. The monoisotopic (exact) mass is 195 g/mol. The van der Waals surface area contributed by atoms with E-state index in [1.807, 2.05) is 0 Å². The highest BCUT2D eigenvalue weighted by Gasteiger charge is 2.15. The lowest BCUT2D eigenvalue weighted by Crippen LogP contribution is -1.97. The molecular weight excluding hydrogens is 191 g/mol. The summed E-state index contributed by atoms with van der Waals surface area (Å²) in [5.41, 5.74) is -0.367. The van der Waals surface area contributed by atoms with Crippen molar-refractivity contribution in [2.75, 3.05) is 0 Å². The quantitative estimate of drug-likeness (QED) is 0.628. The van der Waals surface area contributed by atoms with Crippen molar-refractivity contribution in [1.29, 1.82) is 0 Å². The molecule has 0 saturated heterocycles. The Hall–Kier alpha value is -0.770. The van der Waals surface area contributed by atoms with E-state index in [0.29, 0.717) is 0 Å². The lowest BCUT2D eigenvalue weighted by Gasteiger charge is -2.03. The summed E-state index contributed by atoms with van der Waals surface area (Å²) in [4.78, 5) is 3.02. The summed E-state index contributed by atoms with van der Waals surface area (Å²) in [7, 11) is 0. The summed E-state index contributed by atoms with van der Waals surface area (Å²) in [6.07, 6.45) is -2.77. The van der Waals surface area contributed by atoms with E-state index in [0.717, 1.165) is 6.07 Å². The number of halogens is 4. The molecule has 0 bridgehead atoms. The van der Waals surface area contributed by atoms with Crippen LogP contribution in [0.3, 0.4) is 0 Å². The minimum atomic E-state index is -2.77. The summed E-state index contributed by atoms with van der Waals surface area (Å²) < 4.78 is 36.7. The van der Waals surface area contributed by atoms with Crippen molar-refractivity contribution in [2.45, 2.75) is 13.3 Å². The number of hydrogen-bond donors (Lipinski definition) is 0. The Morgan fingerprint density at radius 2 is 2.08 bits per heavy atom. The fourth-order valence-electron chi connectivity index (χ4n) is 0.792. The van der Waals surface area contributed by atoms with Gasteiger partial charge in [-0.3, -0.25) is 0 Å². The van der Waals surface area contributed by atoms with E-state index in [1.54, 1.807) is 0 Å². The Morgan fingerprint density at radius 1 is 1.50 bits per heavy atom. The smallest absolute Gasteiger partial charge is 0.217 e. The Labute approximate surface area is 72.2 Å². The van der Waals surface area contributed by atoms with E-state index >= 15 is 0 Å². The maximum atomic E-state index is 12.5. The molecule has 0 unspecified atom stereocenters. The number of rotatable bonds is 1. The topological polar surface area (TPSA) is 12.9 Å². The Bertz CT molecular complexity index is 301. The zero-order chi connectivity index (χ0) is 9.30. The normalized spacial score (nSPS) is 10.8. The maximum Gasteiger partial charge on any atom is 0.280 e. The van der Waals surface area contributed by atoms with Crippen LogP contribution in [0.2, 0.25) is 5.02 Å². The molecule has 1 aromatic heterocycles. The van der Waals surface area contributed by atoms with Crippen molar-refractivity contribution in [1.82, 2.24) is 4.98 Å². The Morgan fingerprint density at radius 3 is 2.58 bits per heavy atom. The van der Waals surface area contributed by atoms with Crippen LogP contribution in [0.5, 0.6) is 0 Å². The molecule has 1 aromatic rings. The fourth-order valence-corrected chi connectivity index (χ4v) is 0.998. The van der Waals surface area contributed by atoms with Gasteiger partial charge < -0.3 is 0 Å². The SMILES string of the molecule is Cc1cc(Cl)c(F)nc1C(F)F. The highest BCUT2D eigenvalue weighted by atomic mass is 35.5. The average Bonchev–Trinajstić information content (AvgIpc) is 1.96. The van der Waals surface area contributed by atoms with Crippen LogP contribution in [-0.2, 0) is 0 Å². The number of pyridine rings is 1. The number of aryl methyl sites for hydroxylation is 1. The fraction of sp³-hybridized carbons (Fsp3) is 0.286. The second kappa shape index (κ2) is 3.31. The Kier molecular flexibility index (Phi) is 2.57. The van der Waals surface area contributed by atoms with Gasteiger partial charge in [-0.2, -0.15) is 4.39 Å². The third-order valence-electron chi connectivity index (χ3n) is 1.37. The van der Waals surface area contributed by atoms with Crippen LogP contribution in [0.1, 0.15) is 17.7 Å². The number of alkyl halides is 2. The molecule has 0 N–H and O–H groups in total. The van der Waals surface area contributed by atoms with Crippen LogP contribution < -0.4 is 0 Å². The predicted octanol–water partition coefficient (Wildman–Crippen LogP) is 3.12. The van der Waals surface area contributed by atoms with Gasteiger partial charge in [0.1, 0.15) is 5.69 Å². The van der Waals surface area contributed by atoms with Gasteiger partial charge in [0, 0.05) is 0 Å². The first-order valence-electron chi connectivity index (χ1n) is 3.13. The first kappa shape index (κ1) is 9.32. The first-order chi connectivity index (χ1) is 5.52. The molecule has 12 heavy (non-hydrogen) atoms. The minimum Gasteiger partial charge on any atom is -0.217 e. The van der Waals surface area contributed by atoms with Crippen molar-refractivity contribution in [3.63, 3.8) is 0 Å². The molecule has 0 fully saturated rings. The van der Waals surface area contributed by atoms with E-state index in [9.17, 15) is 13.2 Å². The lowest BCUT2D eigenvalue weighted by molar-refractivity contribution is 0.144. The van der Waals surface area contributed by atoms with E-state index < -0.39 is 18.1 Å². The Balaban J connectivity index is 3.23. The van der Waals surface area contributed by atoms with Gasteiger partial charge in [-0.05, 0) is 18.6 Å². The molecule has 0 aliphatic heterocycles.